The van der Waals surface area contributed by atoms with E-state index in [0.29, 0.717) is 10.4 Å². The molecule has 6 heteroatoms. The monoisotopic (exact) mass is 320 g/mol. The second-order valence-corrected chi connectivity index (χ2v) is 5.82. The highest BCUT2D eigenvalue weighted by Gasteiger charge is 2.29. The lowest BCUT2D eigenvalue weighted by molar-refractivity contribution is -0.122. The Kier molecular flexibility index (Phi) is 4.92. The molecule has 1 aromatic heterocycles. The van der Waals surface area contributed by atoms with Gasteiger partial charge in [-0.3, -0.25) is 9.59 Å². The number of carbonyl (C=O) groups excluding carboxylic acids is 2. The molecular weight excluding hydrogens is 303 g/mol. The number of carbonyl (C=O) groups is 2. The van der Waals surface area contributed by atoms with Crippen LogP contribution < -0.4 is 5.73 Å². The number of amides is 2. The Morgan fingerprint density at radius 3 is 2.68 bits per heavy atom. The molecule has 22 heavy (non-hydrogen) atoms. The topological polar surface area (TPSA) is 63.4 Å². The van der Waals surface area contributed by atoms with E-state index in [1.807, 2.05) is 18.4 Å². The summed E-state index contributed by atoms with van der Waals surface area (Å²) in [6.45, 7) is 1.96. The largest absolute Gasteiger partial charge is 0.368 e. The van der Waals surface area contributed by atoms with Gasteiger partial charge < -0.3 is 10.6 Å². The minimum absolute atomic E-state index is 0.292. The number of aryl methyl sites for hydroxylation is 1. The highest BCUT2D eigenvalue weighted by Crippen LogP contribution is 2.25. The summed E-state index contributed by atoms with van der Waals surface area (Å²) in [6, 6.07) is 6.44. The van der Waals surface area contributed by atoms with E-state index in [2.05, 4.69) is 0 Å². The van der Waals surface area contributed by atoms with Crippen LogP contribution in [0.4, 0.5) is 4.39 Å². The quantitative estimate of drug-likeness (QED) is 0.920. The van der Waals surface area contributed by atoms with Crippen LogP contribution in [0.5, 0.6) is 0 Å². The van der Waals surface area contributed by atoms with Crippen molar-refractivity contribution >= 4 is 23.2 Å². The minimum Gasteiger partial charge on any atom is -0.368 e. The molecular formula is C16H17FN2O2S. The van der Waals surface area contributed by atoms with Gasteiger partial charge in [-0.05, 0) is 41.1 Å². The number of hydrogen-bond acceptors (Lipinski definition) is 3. The van der Waals surface area contributed by atoms with Crippen LogP contribution in [0.3, 0.4) is 0 Å². The van der Waals surface area contributed by atoms with Gasteiger partial charge in [0.1, 0.15) is 11.9 Å². The van der Waals surface area contributed by atoms with Crippen LogP contribution in [0.1, 0.15) is 33.8 Å². The van der Waals surface area contributed by atoms with E-state index in [9.17, 15) is 14.0 Å². The van der Waals surface area contributed by atoms with Gasteiger partial charge in [0, 0.05) is 7.05 Å². The van der Waals surface area contributed by atoms with Crippen molar-refractivity contribution in [3.8, 4) is 0 Å². The summed E-state index contributed by atoms with van der Waals surface area (Å²) < 4.78 is 13.4. The number of nitrogens with zero attached hydrogens (tertiary/aromatic N) is 1. The van der Waals surface area contributed by atoms with Crippen LogP contribution in [-0.2, 0) is 11.2 Å². The second-order valence-electron chi connectivity index (χ2n) is 4.90. The zero-order valence-corrected chi connectivity index (χ0v) is 13.2. The van der Waals surface area contributed by atoms with Crippen LogP contribution in [0.2, 0.25) is 0 Å². The van der Waals surface area contributed by atoms with E-state index in [1.54, 1.807) is 6.07 Å². The third-order valence-electron chi connectivity index (χ3n) is 3.46. The maximum absolute atomic E-state index is 13.4. The Morgan fingerprint density at radius 2 is 2.09 bits per heavy atom. The SMILES string of the molecule is CCc1ccsc1C(=O)N(C)C(C(N)=O)c1cccc(F)c1. The molecule has 0 aliphatic heterocycles. The molecule has 0 bridgehead atoms. The molecule has 1 aromatic carbocycles. The Morgan fingerprint density at radius 1 is 1.36 bits per heavy atom. The Balaban J connectivity index is 2.37. The van der Waals surface area contributed by atoms with E-state index in [1.165, 1.54) is 41.5 Å². The van der Waals surface area contributed by atoms with Crippen molar-refractivity contribution in [3.63, 3.8) is 0 Å². The van der Waals surface area contributed by atoms with Gasteiger partial charge in [0.05, 0.1) is 4.88 Å². The number of halogens is 1. The lowest BCUT2D eigenvalue weighted by atomic mass is 10.0. The summed E-state index contributed by atoms with van der Waals surface area (Å²) in [5.41, 5.74) is 6.71. The van der Waals surface area contributed by atoms with Gasteiger partial charge in [-0.15, -0.1) is 11.3 Å². The van der Waals surface area contributed by atoms with Crippen molar-refractivity contribution in [2.45, 2.75) is 19.4 Å². The summed E-state index contributed by atoms with van der Waals surface area (Å²) in [7, 11) is 1.50. The molecule has 2 rings (SSSR count). The van der Waals surface area contributed by atoms with E-state index >= 15 is 0 Å². The smallest absolute Gasteiger partial charge is 0.264 e. The second kappa shape index (κ2) is 6.70. The highest BCUT2D eigenvalue weighted by molar-refractivity contribution is 7.12. The van der Waals surface area contributed by atoms with Crippen LogP contribution in [-0.4, -0.2) is 23.8 Å². The van der Waals surface area contributed by atoms with E-state index in [0.717, 1.165) is 12.0 Å². The standard InChI is InChI=1S/C16H17FN2O2S/c1-3-10-7-8-22-14(10)16(21)19(2)13(15(18)20)11-5-4-6-12(17)9-11/h4-9,13H,3H2,1-2H3,(H2,18,20). The fraction of sp³-hybridized carbons (Fsp3) is 0.250. The first-order chi connectivity index (χ1) is 10.5. The normalized spacial score (nSPS) is 12.0. The first kappa shape index (κ1) is 16.2. The number of hydrogen-bond donors (Lipinski definition) is 1. The molecule has 0 radical (unpaired) electrons. The van der Waals surface area contributed by atoms with E-state index in [4.69, 9.17) is 5.73 Å². The summed E-state index contributed by atoms with van der Waals surface area (Å²) in [5, 5.41) is 1.83. The third kappa shape index (κ3) is 3.17. The van der Waals surface area contributed by atoms with Gasteiger partial charge in [-0.2, -0.15) is 0 Å². The summed E-state index contributed by atoms with van der Waals surface area (Å²) in [6.07, 6.45) is 0.722. The molecule has 0 fully saturated rings. The first-order valence-corrected chi connectivity index (χ1v) is 7.72. The Labute approximate surface area is 132 Å². The number of thiophene rings is 1. The maximum atomic E-state index is 13.4. The number of nitrogens with two attached hydrogens (primary N) is 1. The van der Waals surface area contributed by atoms with Crippen LogP contribution >= 0.6 is 11.3 Å². The summed E-state index contributed by atoms with van der Waals surface area (Å²) in [5.74, 6) is -1.47. The number of likely N-dealkylation sites (N-methyl/N-ethyl adjacent to an activating group) is 1. The van der Waals surface area contributed by atoms with Crippen molar-refractivity contribution in [2.75, 3.05) is 7.05 Å². The molecule has 0 saturated heterocycles. The molecule has 1 unspecified atom stereocenters. The van der Waals surface area contributed by atoms with Gasteiger partial charge in [0.15, 0.2) is 0 Å². The van der Waals surface area contributed by atoms with Crippen LogP contribution in [0.25, 0.3) is 0 Å². The lowest BCUT2D eigenvalue weighted by Gasteiger charge is -2.26. The van der Waals surface area contributed by atoms with Gasteiger partial charge in [-0.25, -0.2) is 4.39 Å². The summed E-state index contributed by atoms with van der Waals surface area (Å²) in [4.78, 5) is 26.3. The molecule has 1 atom stereocenters. The maximum Gasteiger partial charge on any atom is 0.264 e. The van der Waals surface area contributed by atoms with E-state index in [-0.39, 0.29) is 5.91 Å². The first-order valence-electron chi connectivity index (χ1n) is 6.84. The zero-order chi connectivity index (χ0) is 16.3. The average molecular weight is 320 g/mol. The minimum atomic E-state index is -1.00. The fourth-order valence-corrected chi connectivity index (χ4v) is 3.31. The van der Waals surface area contributed by atoms with Gasteiger partial charge >= 0.3 is 0 Å². The molecule has 4 nitrogen and oxygen atoms in total. The van der Waals surface area contributed by atoms with Gasteiger partial charge in [-0.1, -0.05) is 19.1 Å². The molecule has 0 saturated carbocycles. The number of benzene rings is 1. The van der Waals surface area contributed by atoms with Crippen molar-refractivity contribution in [2.24, 2.45) is 5.73 Å². The molecule has 2 aromatic rings. The number of rotatable bonds is 5. The molecule has 0 spiro atoms. The van der Waals surface area contributed by atoms with Crippen molar-refractivity contribution in [1.29, 1.82) is 0 Å². The lowest BCUT2D eigenvalue weighted by Crippen LogP contribution is -2.39. The number of primary amides is 1. The Bertz CT molecular complexity index is 699. The average Bonchev–Trinajstić information content (AvgIpc) is 2.94. The van der Waals surface area contributed by atoms with Crippen molar-refractivity contribution < 1.29 is 14.0 Å². The van der Waals surface area contributed by atoms with E-state index < -0.39 is 17.8 Å². The Hall–Kier alpha value is -2.21. The van der Waals surface area contributed by atoms with Gasteiger partial charge in [0.2, 0.25) is 5.91 Å². The highest BCUT2D eigenvalue weighted by atomic mass is 32.1. The molecule has 116 valence electrons. The third-order valence-corrected chi connectivity index (χ3v) is 4.41. The van der Waals surface area contributed by atoms with Crippen molar-refractivity contribution in [1.82, 2.24) is 4.90 Å². The molecule has 2 amide bonds. The molecule has 1 heterocycles. The fourth-order valence-electron chi connectivity index (χ4n) is 2.33. The molecule has 0 aliphatic carbocycles. The zero-order valence-electron chi connectivity index (χ0n) is 12.4. The molecule has 0 aliphatic rings. The molecule has 2 N–H and O–H groups in total. The van der Waals surface area contributed by atoms with Crippen LogP contribution in [0.15, 0.2) is 35.7 Å². The van der Waals surface area contributed by atoms with Crippen LogP contribution in [0, 0.1) is 5.82 Å². The van der Waals surface area contributed by atoms with Crippen molar-refractivity contribution in [3.05, 3.63) is 57.5 Å². The predicted molar refractivity (Wildman–Crippen MR) is 84.1 cm³/mol. The summed E-state index contributed by atoms with van der Waals surface area (Å²) >= 11 is 1.32. The predicted octanol–water partition coefficient (Wildman–Crippen LogP) is 2.75. The van der Waals surface area contributed by atoms with Gasteiger partial charge in [0.25, 0.3) is 5.91 Å².